The summed E-state index contributed by atoms with van der Waals surface area (Å²) >= 11 is 0. The molecule has 1 spiro atoms. The van der Waals surface area contributed by atoms with Crippen LogP contribution in [0.3, 0.4) is 0 Å². The van der Waals surface area contributed by atoms with Gasteiger partial charge in [-0.2, -0.15) is 4.31 Å². The minimum Gasteiger partial charge on any atom is -0.317 e. The highest BCUT2D eigenvalue weighted by atomic mass is 32.2. The Morgan fingerprint density at radius 3 is 2.71 bits per heavy atom. The fraction of sp³-hybridized carbons (Fsp3) is 0.600. The number of aromatic nitrogens is 3. The van der Waals surface area contributed by atoms with Crippen molar-refractivity contribution in [1.82, 2.24) is 19.1 Å². The lowest BCUT2D eigenvalue weighted by atomic mass is 9.62. The average Bonchev–Trinajstić information content (AvgIpc) is 3.20. The van der Waals surface area contributed by atoms with Crippen molar-refractivity contribution in [2.45, 2.75) is 57.4 Å². The Balaban J connectivity index is 1.69. The summed E-state index contributed by atoms with van der Waals surface area (Å²) in [4.78, 5) is 0.0614. The minimum absolute atomic E-state index is 0.0196. The number of hydrogen-bond acceptors (Lipinski definition) is 4. The van der Waals surface area contributed by atoms with Gasteiger partial charge in [-0.05, 0) is 48.8 Å². The third kappa shape index (κ3) is 3.16. The van der Waals surface area contributed by atoms with Crippen molar-refractivity contribution >= 4 is 10.0 Å². The molecule has 6 nitrogen and oxygen atoms in total. The van der Waals surface area contributed by atoms with Gasteiger partial charge in [0.05, 0.1) is 4.90 Å². The summed E-state index contributed by atoms with van der Waals surface area (Å²) in [6.07, 6.45) is 4.82. The van der Waals surface area contributed by atoms with Crippen LogP contribution in [0.5, 0.6) is 0 Å². The number of nitrogens with zero attached hydrogens (tertiary/aromatic N) is 4. The summed E-state index contributed by atoms with van der Waals surface area (Å²) < 4.78 is 44.0. The molecule has 1 unspecified atom stereocenters. The van der Waals surface area contributed by atoms with E-state index in [0.29, 0.717) is 24.6 Å². The van der Waals surface area contributed by atoms with E-state index in [1.807, 2.05) is 0 Å². The predicted octanol–water partition coefficient (Wildman–Crippen LogP) is 3.34. The molecule has 0 amide bonds. The van der Waals surface area contributed by atoms with Gasteiger partial charge in [0.2, 0.25) is 10.0 Å². The van der Waals surface area contributed by atoms with Crippen molar-refractivity contribution in [3.05, 3.63) is 41.7 Å². The van der Waals surface area contributed by atoms with Gasteiger partial charge in [-0.15, -0.1) is 10.2 Å². The molecule has 28 heavy (non-hydrogen) atoms. The maximum atomic E-state index is 13.8. The van der Waals surface area contributed by atoms with Gasteiger partial charge in [-0.1, -0.05) is 26.3 Å². The second kappa shape index (κ2) is 6.91. The van der Waals surface area contributed by atoms with E-state index in [1.54, 1.807) is 13.3 Å². The molecule has 1 aliphatic carbocycles. The number of rotatable bonds is 5. The molecule has 2 aromatic rings. The summed E-state index contributed by atoms with van der Waals surface area (Å²) in [6, 6.07) is 3.95. The van der Waals surface area contributed by atoms with Gasteiger partial charge in [0.25, 0.3) is 0 Å². The number of benzene rings is 1. The Hall–Kier alpha value is -1.80. The quantitative estimate of drug-likeness (QED) is 0.764. The Morgan fingerprint density at radius 1 is 1.32 bits per heavy atom. The lowest BCUT2D eigenvalue weighted by Gasteiger charge is -2.42. The molecule has 152 valence electrons. The van der Waals surface area contributed by atoms with Crippen molar-refractivity contribution in [2.75, 3.05) is 13.1 Å². The van der Waals surface area contributed by atoms with Crippen molar-refractivity contribution in [2.24, 2.45) is 11.3 Å². The van der Waals surface area contributed by atoms with Gasteiger partial charge in [0.15, 0.2) is 0 Å². The van der Waals surface area contributed by atoms with Gasteiger partial charge in [0, 0.05) is 25.6 Å². The van der Waals surface area contributed by atoms with Crippen molar-refractivity contribution < 1.29 is 12.8 Å². The second-order valence-electron chi connectivity index (χ2n) is 8.71. The van der Waals surface area contributed by atoms with Gasteiger partial charge in [-0.25, -0.2) is 12.8 Å². The number of hydrogen-bond donors (Lipinski definition) is 0. The summed E-state index contributed by atoms with van der Waals surface area (Å²) in [6.45, 7) is 7.63. The minimum atomic E-state index is -3.76. The lowest BCUT2D eigenvalue weighted by Crippen LogP contribution is -2.38. The molecule has 1 aromatic heterocycles. The molecular formula is C20H27FN4O2S. The molecule has 1 saturated heterocycles. The lowest BCUT2D eigenvalue weighted by molar-refractivity contribution is 0.125. The number of aryl methyl sites for hydroxylation is 1. The van der Waals surface area contributed by atoms with Gasteiger partial charge >= 0.3 is 0 Å². The molecule has 1 atom stereocenters. The van der Waals surface area contributed by atoms with E-state index in [-0.39, 0.29) is 16.2 Å². The van der Waals surface area contributed by atoms with Crippen LogP contribution in [0.15, 0.2) is 29.4 Å². The highest BCUT2D eigenvalue weighted by Crippen LogP contribution is 2.56. The van der Waals surface area contributed by atoms with E-state index in [2.05, 4.69) is 28.6 Å². The van der Waals surface area contributed by atoms with E-state index >= 15 is 0 Å². The second-order valence-corrected chi connectivity index (χ2v) is 10.6. The normalized spacial score (nSPS) is 22.1. The SMILES string of the molecule is Cc1ccc(F)cc1S(=O)(=O)N1CC(c2nncn2CC(C)C)C2(CCC2)C1. The zero-order chi connectivity index (χ0) is 20.1. The predicted molar refractivity (Wildman–Crippen MR) is 104 cm³/mol. The average molecular weight is 407 g/mol. The molecule has 0 N–H and O–H groups in total. The van der Waals surface area contributed by atoms with Gasteiger partial charge in [-0.3, -0.25) is 0 Å². The number of halogens is 1. The van der Waals surface area contributed by atoms with Crippen LogP contribution in [-0.2, 0) is 16.6 Å². The van der Waals surface area contributed by atoms with Crippen LogP contribution in [0.2, 0.25) is 0 Å². The molecule has 0 radical (unpaired) electrons. The van der Waals surface area contributed by atoms with Gasteiger partial charge < -0.3 is 4.57 Å². The zero-order valence-corrected chi connectivity index (χ0v) is 17.4. The van der Waals surface area contributed by atoms with Crippen LogP contribution < -0.4 is 0 Å². The van der Waals surface area contributed by atoms with Crippen molar-refractivity contribution in [3.8, 4) is 0 Å². The van der Waals surface area contributed by atoms with E-state index in [9.17, 15) is 12.8 Å². The van der Waals surface area contributed by atoms with Crippen LogP contribution in [0.4, 0.5) is 4.39 Å². The molecule has 1 aliphatic heterocycles. The molecule has 8 heteroatoms. The van der Waals surface area contributed by atoms with E-state index < -0.39 is 15.8 Å². The maximum absolute atomic E-state index is 13.8. The van der Waals surface area contributed by atoms with Crippen LogP contribution in [0, 0.1) is 24.1 Å². The highest BCUT2D eigenvalue weighted by Gasteiger charge is 2.55. The Labute approximate surface area is 165 Å². The van der Waals surface area contributed by atoms with Crippen LogP contribution >= 0.6 is 0 Å². The Bertz CT molecular complexity index is 982. The summed E-state index contributed by atoms with van der Waals surface area (Å²) in [5.74, 6) is 0.812. The standard InChI is InChI=1S/C20H27FN4O2S/c1-14(2)10-24-13-22-23-19(24)17-11-25(12-20(17)7-4-8-20)28(26,27)18-9-16(21)6-5-15(18)3/h5-6,9,13-14,17H,4,7-8,10-12H2,1-3H3. The van der Waals surface area contributed by atoms with Crippen LogP contribution in [-0.4, -0.2) is 40.6 Å². The Kier molecular flexibility index (Phi) is 4.82. The topological polar surface area (TPSA) is 68.1 Å². The van der Waals surface area contributed by atoms with E-state index in [0.717, 1.165) is 37.7 Å². The maximum Gasteiger partial charge on any atom is 0.243 e. The van der Waals surface area contributed by atoms with Crippen LogP contribution in [0.25, 0.3) is 0 Å². The first kappa shape index (κ1) is 19.5. The van der Waals surface area contributed by atoms with Crippen molar-refractivity contribution in [3.63, 3.8) is 0 Å². The number of sulfonamides is 1. The molecule has 0 bridgehead atoms. The van der Waals surface area contributed by atoms with E-state index in [1.165, 1.54) is 16.4 Å². The molecule has 2 fully saturated rings. The molecule has 2 heterocycles. The fourth-order valence-corrected chi connectivity index (χ4v) is 6.45. The summed E-state index contributed by atoms with van der Waals surface area (Å²) in [7, 11) is -3.76. The smallest absolute Gasteiger partial charge is 0.243 e. The third-order valence-corrected chi connectivity index (χ3v) is 8.21. The first-order valence-electron chi connectivity index (χ1n) is 9.87. The molecule has 1 saturated carbocycles. The zero-order valence-electron chi connectivity index (χ0n) is 16.6. The summed E-state index contributed by atoms with van der Waals surface area (Å²) in [5, 5.41) is 8.49. The first-order valence-corrected chi connectivity index (χ1v) is 11.3. The van der Waals surface area contributed by atoms with Gasteiger partial charge in [0.1, 0.15) is 18.0 Å². The van der Waals surface area contributed by atoms with Crippen molar-refractivity contribution in [1.29, 1.82) is 0 Å². The fourth-order valence-electron chi connectivity index (χ4n) is 4.66. The first-order chi connectivity index (χ1) is 13.2. The Morgan fingerprint density at radius 2 is 2.07 bits per heavy atom. The van der Waals surface area contributed by atoms with Crippen LogP contribution in [0.1, 0.15) is 50.4 Å². The highest BCUT2D eigenvalue weighted by molar-refractivity contribution is 7.89. The monoisotopic (exact) mass is 406 g/mol. The largest absolute Gasteiger partial charge is 0.317 e. The van der Waals surface area contributed by atoms with E-state index in [4.69, 9.17) is 0 Å². The molecule has 4 rings (SSSR count). The third-order valence-electron chi connectivity index (χ3n) is 6.25. The summed E-state index contributed by atoms with van der Waals surface area (Å²) in [5.41, 5.74) is 0.478. The molecular weight excluding hydrogens is 379 g/mol. The molecule has 1 aromatic carbocycles. The molecule has 2 aliphatic rings.